The van der Waals surface area contributed by atoms with Gasteiger partial charge in [-0.3, -0.25) is 4.79 Å². The van der Waals surface area contributed by atoms with Crippen molar-refractivity contribution in [2.24, 2.45) is 0 Å². The third-order valence-electron chi connectivity index (χ3n) is 4.99. The van der Waals surface area contributed by atoms with Crippen molar-refractivity contribution in [3.63, 3.8) is 0 Å². The number of rotatable bonds is 5. The van der Waals surface area contributed by atoms with Gasteiger partial charge in [0.25, 0.3) is 5.91 Å². The number of aromatic nitrogens is 2. The predicted octanol–water partition coefficient (Wildman–Crippen LogP) is 3.31. The molecule has 7 nitrogen and oxygen atoms in total. The van der Waals surface area contributed by atoms with Crippen LogP contribution in [-0.2, 0) is 13.0 Å². The Bertz CT molecular complexity index is 1020. The zero-order chi connectivity index (χ0) is 20.2. The Morgan fingerprint density at radius 3 is 2.55 bits per heavy atom. The Balaban J connectivity index is 1.48. The molecule has 0 radical (unpaired) electrons. The molecular formula is C22H22N4O3. The second-order valence-corrected chi connectivity index (χ2v) is 6.74. The Labute approximate surface area is 169 Å². The summed E-state index contributed by atoms with van der Waals surface area (Å²) in [6.07, 6.45) is 0.968. The van der Waals surface area contributed by atoms with Gasteiger partial charge in [-0.25, -0.2) is 0 Å². The number of anilines is 2. The molecule has 4 rings (SSSR count). The molecule has 0 unspecified atom stereocenters. The lowest BCUT2D eigenvalue weighted by atomic mass is 10.00. The molecule has 0 spiro atoms. The number of hydrogen-bond acceptors (Lipinski definition) is 6. The zero-order valence-corrected chi connectivity index (χ0v) is 16.4. The average Bonchev–Trinajstić information content (AvgIpc) is 2.78. The van der Waals surface area contributed by atoms with Crippen molar-refractivity contribution in [3.8, 4) is 11.5 Å². The molecule has 0 fully saturated rings. The number of carbonyl (C=O) groups excluding carboxylic acids is 1. The van der Waals surface area contributed by atoms with Crippen molar-refractivity contribution >= 4 is 17.4 Å². The van der Waals surface area contributed by atoms with E-state index in [-0.39, 0.29) is 11.6 Å². The third kappa shape index (κ3) is 3.99. The number of hydrogen-bond donors (Lipinski definition) is 1. The highest BCUT2D eigenvalue weighted by Crippen LogP contribution is 2.29. The van der Waals surface area contributed by atoms with E-state index in [1.165, 1.54) is 11.1 Å². The van der Waals surface area contributed by atoms with Gasteiger partial charge >= 0.3 is 0 Å². The SMILES string of the molecule is COc1ccc(OC)c(NC(=O)c2ccc(N3CCc4ccccc4C3)nn2)c1. The van der Waals surface area contributed by atoms with E-state index in [4.69, 9.17) is 9.47 Å². The highest BCUT2D eigenvalue weighted by Gasteiger charge is 2.18. The Hall–Kier alpha value is -3.61. The number of carbonyl (C=O) groups is 1. The monoisotopic (exact) mass is 390 g/mol. The van der Waals surface area contributed by atoms with Crippen LogP contribution in [0.5, 0.6) is 11.5 Å². The molecule has 1 N–H and O–H groups in total. The van der Waals surface area contributed by atoms with E-state index in [0.717, 1.165) is 25.3 Å². The fourth-order valence-corrected chi connectivity index (χ4v) is 3.40. The van der Waals surface area contributed by atoms with Crippen LogP contribution in [0.2, 0.25) is 0 Å². The van der Waals surface area contributed by atoms with Gasteiger partial charge in [0.15, 0.2) is 11.5 Å². The summed E-state index contributed by atoms with van der Waals surface area (Å²) >= 11 is 0. The van der Waals surface area contributed by atoms with Gasteiger partial charge in [-0.15, -0.1) is 10.2 Å². The summed E-state index contributed by atoms with van der Waals surface area (Å²) in [4.78, 5) is 14.8. The number of ether oxygens (including phenoxy) is 2. The molecule has 1 aliphatic rings. The maximum atomic E-state index is 12.6. The van der Waals surface area contributed by atoms with Crippen LogP contribution in [0.1, 0.15) is 21.6 Å². The van der Waals surface area contributed by atoms with Crippen LogP contribution < -0.4 is 19.7 Å². The summed E-state index contributed by atoms with van der Waals surface area (Å²) in [5, 5.41) is 11.2. The predicted molar refractivity (Wildman–Crippen MR) is 111 cm³/mol. The van der Waals surface area contributed by atoms with Crippen molar-refractivity contribution in [2.45, 2.75) is 13.0 Å². The summed E-state index contributed by atoms with van der Waals surface area (Å²) in [6.45, 7) is 1.66. The van der Waals surface area contributed by atoms with Gasteiger partial charge in [0.2, 0.25) is 0 Å². The third-order valence-corrected chi connectivity index (χ3v) is 4.99. The number of methoxy groups -OCH3 is 2. The molecule has 1 aromatic heterocycles. The van der Waals surface area contributed by atoms with E-state index in [9.17, 15) is 4.79 Å². The molecule has 0 bridgehead atoms. The number of nitrogens with one attached hydrogen (secondary N) is 1. The molecule has 3 aromatic rings. The van der Waals surface area contributed by atoms with Crippen LogP contribution in [0, 0.1) is 0 Å². The molecule has 0 saturated carbocycles. The number of fused-ring (bicyclic) bond motifs is 1. The van der Waals surface area contributed by atoms with E-state index in [1.807, 2.05) is 12.1 Å². The number of amides is 1. The lowest BCUT2D eigenvalue weighted by molar-refractivity contribution is 0.102. The number of benzene rings is 2. The summed E-state index contributed by atoms with van der Waals surface area (Å²) in [7, 11) is 3.11. The van der Waals surface area contributed by atoms with Gasteiger partial charge in [0, 0.05) is 19.2 Å². The van der Waals surface area contributed by atoms with Crippen molar-refractivity contribution < 1.29 is 14.3 Å². The Morgan fingerprint density at radius 2 is 1.83 bits per heavy atom. The van der Waals surface area contributed by atoms with Crippen molar-refractivity contribution in [3.05, 3.63) is 71.4 Å². The maximum Gasteiger partial charge on any atom is 0.276 e. The van der Waals surface area contributed by atoms with Crippen LogP contribution in [-0.4, -0.2) is 36.9 Å². The van der Waals surface area contributed by atoms with E-state index < -0.39 is 0 Å². The minimum atomic E-state index is -0.361. The van der Waals surface area contributed by atoms with Gasteiger partial charge in [-0.05, 0) is 41.8 Å². The average molecular weight is 390 g/mol. The second kappa shape index (κ2) is 8.18. The molecule has 0 aliphatic carbocycles. The van der Waals surface area contributed by atoms with Crippen molar-refractivity contribution in [2.75, 3.05) is 31.0 Å². The van der Waals surface area contributed by atoms with E-state index in [2.05, 4.69) is 38.6 Å². The van der Waals surface area contributed by atoms with Gasteiger partial charge in [-0.2, -0.15) is 0 Å². The lowest BCUT2D eigenvalue weighted by Crippen LogP contribution is -2.31. The first kappa shape index (κ1) is 18.7. The first-order valence-electron chi connectivity index (χ1n) is 9.37. The zero-order valence-electron chi connectivity index (χ0n) is 16.4. The van der Waals surface area contributed by atoms with E-state index in [0.29, 0.717) is 17.2 Å². The normalized spacial score (nSPS) is 12.8. The van der Waals surface area contributed by atoms with Gasteiger partial charge < -0.3 is 19.7 Å². The largest absolute Gasteiger partial charge is 0.497 e. The molecule has 1 amide bonds. The maximum absolute atomic E-state index is 12.6. The smallest absolute Gasteiger partial charge is 0.276 e. The Morgan fingerprint density at radius 1 is 1.00 bits per heavy atom. The minimum Gasteiger partial charge on any atom is -0.497 e. The van der Waals surface area contributed by atoms with Gasteiger partial charge in [0.1, 0.15) is 11.5 Å². The first-order chi connectivity index (χ1) is 14.2. The van der Waals surface area contributed by atoms with E-state index in [1.54, 1.807) is 38.5 Å². The van der Waals surface area contributed by atoms with Crippen LogP contribution >= 0.6 is 0 Å². The molecule has 2 heterocycles. The number of nitrogens with zero attached hydrogens (tertiary/aromatic N) is 3. The van der Waals surface area contributed by atoms with E-state index >= 15 is 0 Å². The van der Waals surface area contributed by atoms with Crippen molar-refractivity contribution in [1.82, 2.24) is 10.2 Å². The molecule has 7 heteroatoms. The first-order valence-corrected chi connectivity index (χ1v) is 9.37. The van der Waals surface area contributed by atoms with Crippen molar-refractivity contribution in [1.29, 1.82) is 0 Å². The Kier molecular flexibility index (Phi) is 5.29. The highest BCUT2D eigenvalue weighted by atomic mass is 16.5. The minimum absolute atomic E-state index is 0.232. The fourth-order valence-electron chi connectivity index (χ4n) is 3.40. The summed E-state index contributed by atoms with van der Waals surface area (Å²) < 4.78 is 10.5. The lowest BCUT2D eigenvalue weighted by Gasteiger charge is -2.29. The fraction of sp³-hybridized carbons (Fsp3) is 0.227. The van der Waals surface area contributed by atoms with Crippen LogP contribution in [0.15, 0.2) is 54.6 Å². The molecule has 2 aromatic carbocycles. The van der Waals surface area contributed by atoms with Crippen LogP contribution in [0.3, 0.4) is 0 Å². The highest BCUT2D eigenvalue weighted by molar-refractivity contribution is 6.03. The van der Waals surface area contributed by atoms with Crippen LogP contribution in [0.4, 0.5) is 11.5 Å². The molecular weight excluding hydrogens is 368 g/mol. The molecule has 0 saturated heterocycles. The molecule has 148 valence electrons. The second-order valence-electron chi connectivity index (χ2n) is 6.74. The summed E-state index contributed by atoms with van der Waals surface area (Å²) in [6, 6.07) is 17.1. The topological polar surface area (TPSA) is 76.6 Å². The summed E-state index contributed by atoms with van der Waals surface area (Å²) in [5.41, 5.74) is 3.42. The van der Waals surface area contributed by atoms with Gasteiger partial charge in [-0.1, -0.05) is 24.3 Å². The van der Waals surface area contributed by atoms with Crippen LogP contribution in [0.25, 0.3) is 0 Å². The van der Waals surface area contributed by atoms with Gasteiger partial charge in [0.05, 0.1) is 19.9 Å². The molecule has 1 aliphatic heterocycles. The molecule has 29 heavy (non-hydrogen) atoms. The molecule has 0 atom stereocenters. The summed E-state index contributed by atoms with van der Waals surface area (Å²) in [5.74, 6) is 1.55. The quantitative estimate of drug-likeness (QED) is 0.720. The standard InChI is InChI=1S/C22H22N4O3/c1-28-17-7-9-20(29-2)19(13-17)23-22(27)18-8-10-21(25-24-18)26-12-11-15-5-3-4-6-16(15)14-26/h3-10,13H,11-12,14H2,1-2H3,(H,23,27).